The zero-order chi connectivity index (χ0) is 22.2. The summed E-state index contributed by atoms with van der Waals surface area (Å²) >= 11 is 0. The second-order valence-corrected chi connectivity index (χ2v) is 7.10. The van der Waals surface area contributed by atoms with Crippen molar-refractivity contribution < 1.29 is 19.4 Å². The molecule has 0 bridgehead atoms. The van der Waals surface area contributed by atoms with Gasteiger partial charge in [-0.05, 0) is 43.5 Å². The Kier molecular flexibility index (Phi) is 7.28. The smallest absolute Gasteiger partial charge is 0.303 e. The first-order chi connectivity index (χ1) is 15.0. The SMILES string of the molecule is COc1ccc(N(C)c2cc(C#N)nc3ccccc23)cc1OCCCCCC(=O)O. The normalized spacial score (nSPS) is 10.5. The first-order valence-corrected chi connectivity index (χ1v) is 10.1. The highest BCUT2D eigenvalue weighted by atomic mass is 16.5. The Balaban J connectivity index is 1.82. The maximum absolute atomic E-state index is 10.6. The number of nitrogens with zero attached hydrogens (tertiary/aromatic N) is 3. The predicted molar refractivity (Wildman–Crippen MR) is 119 cm³/mol. The minimum atomic E-state index is -0.776. The average molecular weight is 419 g/mol. The number of carboxylic acid groups (broad SMARTS) is 1. The van der Waals surface area contributed by atoms with Crippen LogP contribution in [0.1, 0.15) is 31.4 Å². The molecule has 0 amide bonds. The second kappa shape index (κ2) is 10.3. The highest BCUT2D eigenvalue weighted by molar-refractivity contribution is 5.94. The minimum Gasteiger partial charge on any atom is -0.493 e. The Labute approximate surface area is 181 Å². The number of rotatable bonds is 10. The summed E-state index contributed by atoms with van der Waals surface area (Å²) in [4.78, 5) is 17.0. The summed E-state index contributed by atoms with van der Waals surface area (Å²) in [5, 5.41) is 19.0. The Bertz CT molecular complexity index is 1110. The molecule has 2 aromatic carbocycles. The molecule has 160 valence electrons. The van der Waals surface area contributed by atoms with Crippen molar-refractivity contribution in [1.29, 1.82) is 5.26 Å². The number of methoxy groups -OCH3 is 1. The van der Waals surface area contributed by atoms with Crippen LogP contribution < -0.4 is 14.4 Å². The number of anilines is 2. The predicted octanol–water partition coefficient (Wildman–Crippen LogP) is 4.91. The van der Waals surface area contributed by atoms with Gasteiger partial charge in [-0.1, -0.05) is 18.2 Å². The topological polar surface area (TPSA) is 95.7 Å². The van der Waals surface area contributed by atoms with Gasteiger partial charge >= 0.3 is 5.97 Å². The van der Waals surface area contributed by atoms with Crippen LogP contribution in [0.3, 0.4) is 0 Å². The van der Waals surface area contributed by atoms with Crippen molar-refractivity contribution in [2.45, 2.75) is 25.7 Å². The number of fused-ring (bicyclic) bond motifs is 1. The van der Waals surface area contributed by atoms with Gasteiger partial charge in [0.15, 0.2) is 11.5 Å². The second-order valence-electron chi connectivity index (χ2n) is 7.10. The molecule has 31 heavy (non-hydrogen) atoms. The molecule has 0 saturated carbocycles. The van der Waals surface area contributed by atoms with Crippen LogP contribution in [0.2, 0.25) is 0 Å². The molecular formula is C24H25N3O4. The van der Waals surface area contributed by atoms with Gasteiger partial charge in [0.1, 0.15) is 11.8 Å². The molecular weight excluding hydrogens is 394 g/mol. The lowest BCUT2D eigenvalue weighted by atomic mass is 10.1. The third kappa shape index (κ3) is 5.43. The summed E-state index contributed by atoms with van der Waals surface area (Å²) in [5.74, 6) is 0.463. The lowest BCUT2D eigenvalue weighted by Gasteiger charge is -2.23. The Morgan fingerprint density at radius 2 is 1.94 bits per heavy atom. The molecule has 0 aliphatic heterocycles. The summed E-state index contributed by atoms with van der Waals surface area (Å²) in [5.41, 5.74) is 2.86. The summed E-state index contributed by atoms with van der Waals surface area (Å²) in [6.45, 7) is 0.472. The van der Waals surface area contributed by atoms with Crippen LogP contribution in [-0.2, 0) is 4.79 Å². The van der Waals surface area contributed by atoms with Crippen molar-refractivity contribution >= 4 is 28.2 Å². The average Bonchev–Trinajstić information content (AvgIpc) is 2.79. The van der Waals surface area contributed by atoms with E-state index >= 15 is 0 Å². The zero-order valence-electron chi connectivity index (χ0n) is 17.7. The van der Waals surface area contributed by atoms with E-state index in [1.165, 1.54) is 0 Å². The Morgan fingerprint density at radius 3 is 2.68 bits per heavy atom. The first kappa shape index (κ1) is 21.9. The molecule has 3 aromatic rings. The zero-order valence-corrected chi connectivity index (χ0v) is 17.7. The molecule has 1 heterocycles. The number of carboxylic acids is 1. The number of unbranched alkanes of at least 4 members (excludes halogenated alkanes) is 2. The summed E-state index contributed by atoms with van der Waals surface area (Å²) in [6.07, 6.45) is 2.36. The minimum absolute atomic E-state index is 0.175. The first-order valence-electron chi connectivity index (χ1n) is 10.1. The van der Waals surface area contributed by atoms with Gasteiger partial charge < -0.3 is 19.5 Å². The maximum Gasteiger partial charge on any atom is 0.303 e. The van der Waals surface area contributed by atoms with E-state index < -0.39 is 5.97 Å². The van der Waals surface area contributed by atoms with Gasteiger partial charge in [-0.25, -0.2) is 4.98 Å². The van der Waals surface area contributed by atoms with Crippen molar-refractivity contribution in [3.05, 3.63) is 54.2 Å². The molecule has 0 atom stereocenters. The van der Waals surface area contributed by atoms with Crippen molar-refractivity contribution in [3.63, 3.8) is 0 Å². The van der Waals surface area contributed by atoms with Crippen molar-refractivity contribution in [2.24, 2.45) is 0 Å². The maximum atomic E-state index is 10.6. The number of ether oxygens (including phenoxy) is 2. The van der Waals surface area contributed by atoms with E-state index in [-0.39, 0.29) is 6.42 Å². The van der Waals surface area contributed by atoms with Crippen LogP contribution in [0.25, 0.3) is 10.9 Å². The molecule has 0 aliphatic rings. The third-order valence-corrected chi connectivity index (χ3v) is 5.00. The van der Waals surface area contributed by atoms with Crippen LogP contribution >= 0.6 is 0 Å². The van der Waals surface area contributed by atoms with Gasteiger partial charge in [-0.15, -0.1) is 0 Å². The fraction of sp³-hybridized carbons (Fsp3) is 0.292. The number of aliphatic carboxylic acids is 1. The van der Waals surface area contributed by atoms with Crippen LogP contribution in [0.15, 0.2) is 48.5 Å². The fourth-order valence-corrected chi connectivity index (χ4v) is 3.35. The van der Waals surface area contributed by atoms with Crippen molar-refractivity contribution in [2.75, 3.05) is 25.7 Å². The third-order valence-electron chi connectivity index (χ3n) is 5.00. The van der Waals surface area contributed by atoms with Gasteiger partial charge in [0.25, 0.3) is 0 Å². The van der Waals surface area contributed by atoms with Gasteiger partial charge in [-0.2, -0.15) is 5.26 Å². The Hall–Kier alpha value is -3.79. The molecule has 0 aliphatic carbocycles. The van der Waals surface area contributed by atoms with Crippen LogP contribution in [0, 0.1) is 11.3 Å². The number of carbonyl (C=O) groups is 1. The lowest BCUT2D eigenvalue weighted by molar-refractivity contribution is -0.137. The largest absolute Gasteiger partial charge is 0.493 e. The molecule has 0 saturated heterocycles. The van der Waals surface area contributed by atoms with Gasteiger partial charge in [0, 0.05) is 30.6 Å². The molecule has 1 N–H and O–H groups in total. The molecule has 7 heteroatoms. The van der Waals surface area contributed by atoms with Crippen LogP contribution in [0.5, 0.6) is 11.5 Å². The van der Waals surface area contributed by atoms with E-state index in [1.54, 1.807) is 13.2 Å². The molecule has 0 unspecified atom stereocenters. The Morgan fingerprint density at radius 1 is 1.13 bits per heavy atom. The van der Waals surface area contributed by atoms with E-state index in [9.17, 15) is 10.1 Å². The molecule has 1 aromatic heterocycles. The summed E-state index contributed by atoms with van der Waals surface area (Å²) in [7, 11) is 3.52. The molecule has 0 fully saturated rings. The van der Waals surface area contributed by atoms with E-state index in [2.05, 4.69) is 11.1 Å². The highest BCUT2D eigenvalue weighted by Crippen LogP contribution is 2.36. The van der Waals surface area contributed by atoms with Crippen molar-refractivity contribution in [3.8, 4) is 17.6 Å². The van der Waals surface area contributed by atoms with Gasteiger partial charge in [-0.3, -0.25) is 4.79 Å². The number of nitriles is 1. The van der Waals surface area contributed by atoms with Gasteiger partial charge in [0.05, 0.1) is 24.9 Å². The molecule has 0 spiro atoms. The van der Waals surface area contributed by atoms with Crippen LogP contribution in [-0.4, -0.2) is 36.8 Å². The van der Waals surface area contributed by atoms with E-state index in [0.717, 1.165) is 35.1 Å². The standard InChI is InChI=1S/C24H25N3O4/c1-27(21-14-17(16-25)26-20-9-6-5-8-19(20)21)18-11-12-22(30-2)23(15-18)31-13-7-3-4-10-24(28)29/h5-6,8-9,11-12,14-15H,3-4,7,10,13H2,1-2H3,(H,28,29). The summed E-state index contributed by atoms with van der Waals surface area (Å²) in [6, 6.07) is 17.3. The number of benzene rings is 2. The number of hydrogen-bond acceptors (Lipinski definition) is 6. The monoisotopic (exact) mass is 419 g/mol. The summed E-state index contributed by atoms with van der Waals surface area (Å²) < 4.78 is 11.4. The van der Waals surface area contributed by atoms with Gasteiger partial charge in [0.2, 0.25) is 0 Å². The van der Waals surface area contributed by atoms with E-state index in [4.69, 9.17) is 14.6 Å². The molecule has 3 rings (SSSR count). The number of para-hydroxylation sites is 1. The number of hydrogen-bond donors (Lipinski definition) is 1. The van der Waals surface area contributed by atoms with E-state index in [0.29, 0.717) is 30.2 Å². The molecule has 7 nitrogen and oxygen atoms in total. The van der Waals surface area contributed by atoms with E-state index in [1.807, 2.05) is 54.4 Å². The highest BCUT2D eigenvalue weighted by Gasteiger charge is 2.14. The quantitative estimate of drug-likeness (QED) is 0.467. The number of pyridine rings is 1. The lowest BCUT2D eigenvalue weighted by Crippen LogP contribution is -2.11. The number of aromatic nitrogens is 1. The fourth-order valence-electron chi connectivity index (χ4n) is 3.35. The molecule has 0 radical (unpaired) electrons. The van der Waals surface area contributed by atoms with Crippen LogP contribution in [0.4, 0.5) is 11.4 Å². The van der Waals surface area contributed by atoms with Crippen molar-refractivity contribution in [1.82, 2.24) is 4.98 Å².